The van der Waals surface area contributed by atoms with E-state index >= 15 is 0 Å². The van der Waals surface area contributed by atoms with Gasteiger partial charge < -0.3 is 14.4 Å². The summed E-state index contributed by atoms with van der Waals surface area (Å²) in [6.07, 6.45) is 3.45. The van der Waals surface area contributed by atoms with Gasteiger partial charge in [-0.25, -0.2) is 13.4 Å². The van der Waals surface area contributed by atoms with Crippen LogP contribution in [0, 0.1) is 0 Å². The Labute approximate surface area is 212 Å². The number of nitrogens with one attached hydrogen (secondary N) is 1. The Balaban J connectivity index is 1.23. The van der Waals surface area contributed by atoms with Gasteiger partial charge in [-0.2, -0.15) is 0 Å². The number of thiazole rings is 1. The molecule has 8 nitrogen and oxygen atoms in total. The lowest BCUT2D eigenvalue weighted by Gasteiger charge is -2.41. The van der Waals surface area contributed by atoms with Crippen LogP contribution in [0.2, 0.25) is 5.02 Å². The number of anilines is 2. The zero-order valence-corrected chi connectivity index (χ0v) is 21.4. The molecular formula is C24H24ClN5O3S2. The van der Waals surface area contributed by atoms with E-state index in [1.54, 1.807) is 35.8 Å². The van der Waals surface area contributed by atoms with E-state index in [4.69, 9.17) is 11.6 Å². The third-order valence-electron chi connectivity index (χ3n) is 6.16. The number of piperazine rings is 1. The number of rotatable bonds is 6. The molecule has 2 aromatic carbocycles. The number of benzene rings is 2. The van der Waals surface area contributed by atoms with Crippen molar-refractivity contribution >= 4 is 60.6 Å². The quantitative estimate of drug-likeness (QED) is 0.402. The number of amides is 1. The molecule has 4 aromatic rings. The second kappa shape index (κ2) is 9.52. The third kappa shape index (κ3) is 4.86. The first kappa shape index (κ1) is 23.7. The summed E-state index contributed by atoms with van der Waals surface area (Å²) in [6.45, 7) is 4.16. The van der Waals surface area contributed by atoms with Crippen LogP contribution >= 0.6 is 22.9 Å². The van der Waals surface area contributed by atoms with E-state index in [2.05, 4.69) is 14.6 Å². The summed E-state index contributed by atoms with van der Waals surface area (Å²) in [4.78, 5) is 21.3. The van der Waals surface area contributed by atoms with Crippen LogP contribution in [-0.2, 0) is 21.4 Å². The SMILES string of the molecule is C[C@@H]1CN(c2ccc(S(=O)(=O)Nc3nccs3)cc2)CCN1C(=O)Cn1ccc2cccc(Cl)c21. The molecule has 1 saturated heterocycles. The normalized spacial score (nSPS) is 16.6. The molecule has 182 valence electrons. The van der Waals surface area contributed by atoms with Gasteiger partial charge in [0.1, 0.15) is 6.54 Å². The van der Waals surface area contributed by atoms with Crippen LogP contribution in [0.3, 0.4) is 0 Å². The summed E-state index contributed by atoms with van der Waals surface area (Å²) in [5, 5.41) is 3.68. The fourth-order valence-corrected chi connectivity index (χ4v) is 6.51. The van der Waals surface area contributed by atoms with E-state index in [9.17, 15) is 13.2 Å². The molecule has 1 fully saturated rings. The summed E-state index contributed by atoms with van der Waals surface area (Å²) in [5.74, 6) is 0.0456. The molecule has 1 atom stereocenters. The van der Waals surface area contributed by atoms with Gasteiger partial charge in [0.25, 0.3) is 10.0 Å². The van der Waals surface area contributed by atoms with E-state index in [1.807, 2.05) is 46.9 Å². The minimum atomic E-state index is -3.69. The smallest absolute Gasteiger partial charge is 0.263 e. The van der Waals surface area contributed by atoms with Crippen LogP contribution < -0.4 is 9.62 Å². The monoisotopic (exact) mass is 529 g/mol. The lowest BCUT2D eigenvalue weighted by molar-refractivity contribution is -0.134. The van der Waals surface area contributed by atoms with Crippen molar-refractivity contribution in [2.75, 3.05) is 29.3 Å². The second-order valence-electron chi connectivity index (χ2n) is 8.44. The molecule has 0 bridgehead atoms. The molecule has 1 aliphatic rings. The maximum Gasteiger partial charge on any atom is 0.263 e. The molecule has 0 spiro atoms. The lowest BCUT2D eigenvalue weighted by Crippen LogP contribution is -2.54. The van der Waals surface area contributed by atoms with Crippen molar-refractivity contribution in [1.82, 2.24) is 14.5 Å². The Morgan fingerprint density at radius 1 is 1.17 bits per heavy atom. The average Bonchev–Trinajstić information content (AvgIpc) is 3.49. The molecule has 2 aromatic heterocycles. The molecule has 0 saturated carbocycles. The molecule has 3 heterocycles. The lowest BCUT2D eigenvalue weighted by atomic mass is 10.1. The summed E-state index contributed by atoms with van der Waals surface area (Å²) in [7, 11) is -3.69. The van der Waals surface area contributed by atoms with Gasteiger partial charge in [-0.1, -0.05) is 23.7 Å². The molecule has 35 heavy (non-hydrogen) atoms. The Hall–Kier alpha value is -3.08. The number of aromatic nitrogens is 2. The van der Waals surface area contributed by atoms with Crippen LogP contribution in [0.1, 0.15) is 6.92 Å². The topological polar surface area (TPSA) is 87.5 Å². The molecule has 1 amide bonds. The van der Waals surface area contributed by atoms with Crippen molar-refractivity contribution in [3.63, 3.8) is 0 Å². The van der Waals surface area contributed by atoms with Crippen molar-refractivity contribution < 1.29 is 13.2 Å². The Kier molecular flexibility index (Phi) is 6.43. The summed E-state index contributed by atoms with van der Waals surface area (Å²) in [5.41, 5.74) is 1.79. The van der Waals surface area contributed by atoms with E-state index < -0.39 is 10.0 Å². The van der Waals surface area contributed by atoms with Gasteiger partial charge in [0.2, 0.25) is 5.91 Å². The number of hydrogen-bond donors (Lipinski definition) is 1. The number of nitrogens with zero attached hydrogens (tertiary/aromatic N) is 4. The van der Waals surface area contributed by atoms with E-state index in [0.29, 0.717) is 29.8 Å². The molecule has 0 aliphatic carbocycles. The molecule has 0 unspecified atom stereocenters. The Bertz CT molecular complexity index is 1450. The predicted molar refractivity (Wildman–Crippen MR) is 140 cm³/mol. The molecule has 1 N–H and O–H groups in total. The predicted octanol–water partition coefficient (Wildman–Crippen LogP) is 4.29. The second-order valence-corrected chi connectivity index (χ2v) is 11.4. The number of carbonyl (C=O) groups excluding carboxylic acids is 1. The van der Waals surface area contributed by atoms with Gasteiger partial charge in [0.05, 0.1) is 15.4 Å². The standard InChI is InChI=1S/C24H24ClN5O3S2/c1-17-15-28(19-5-7-20(8-6-19)35(32,33)27-24-26-10-14-34-24)12-13-30(17)22(31)16-29-11-9-18-3-2-4-21(25)23(18)29/h2-11,14,17H,12-13,15-16H2,1H3,(H,26,27)/t17-/m1/s1. The van der Waals surface area contributed by atoms with Crippen molar-refractivity contribution in [2.24, 2.45) is 0 Å². The fraction of sp³-hybridized carbons (Fsp3) is 0.250. The zero-order chi connectivity index (χ0) is 24.6. The molecule has 0 radical (unpaired) electrons. The van der Waals surface area contributed by atoms with Gasteiger partial charge in [-0.05, 0) is 43.3 Å². The Morgan fingerprint density at radius 2 is 1.97 bits per heavy atom. The maximum atomic E-state index is 13.1. The average molecular weight is 530 g/mol. The van der Waals surface area contributed by atoms with E-state index in [0.717, 1.165) is 16.6 Å². The van der Waals surface area contributed by atoms with Crippen LogP contribution in [0.15, 0.2) is 71.2 Å². The number of fused-ring (bicyclic) bond motifs is 1. The summed E-state index contributed by atoms with van der Waals surface area (Å²) in [6, 6.07) is 14.5. The molecular weight excluding hydrogens is 506 g/mol. The maximum absolute atomic E-state index is 13.1. The van der Waals surface area contributed by atoms with Crippen molar-refractivity contribution in [3.05, 3.63) is 71.3 Å². The zero-order valence-electron chi connectivity index (χ0n) is 19.0. The van der Waals surface area contributed by atoms with Crippen molar-refractivity contribution in [3.8, 4) is 0 Å². The van der Waals surface area contributed by atoms with E-state index in [-0.39, 0.29) is 23.4 Å². The highest BCUT2D eigenvalue weighted by molar-refractivity contribution is 7.93. The van der Waals surface area contributed by atoms with Gasteiger partial charge in [0, 0.05) is 54.5 Å². The number of sulfonamides is 1. The van der Waals surface area contributed by atoms with Crippen LogP contribution in [0.25, 0.3) is 10.9 Å². The minimum Gasteiger partial charge on any atom is -0.368 e. The highest BCUT2D eigenvalue weighted by Gasteiger charge is 2.28. The van der Waals surface area contributed by atoms with Crippen LogP contribution in [0.4, 0.5) is 10.8 Å². The number of para-hydroxylation sites is 1. The summed E-state index contributed by atoms with van der Waals surface area (Å²) < 4.78 is 29.5. The van der Waals surface area contributed by atoms with Crippen molar-refractivity contribution in [1.29, 1.82) is 0 Å². The van der Waals surface area contributed by atoms with Crippen molar-refractivity contribution in [2.45, 2.75) is 24.4 Å². The number of carbonyl (C=O) groups is 1. The summed E-state index contributed by atoms with van der Waals surface area (Å²) >= 11 is 7.59. The van der Waals surface area contributed by atoms with Crippen LogP contribution in [0.5, 0.6) is 0 Å². The third-order valence-corrected chi connectivity index (χ3v) is 8.64. The van der Waals surface area contributed by atoms with Gasteiger partial charge in [-0.3, -0.25) is 9.52 Å². The highest BCUT2D eigenvalue weighted by Crippen LogP contribution is 2.26. The first-order valence-electron chi connectivity index (χ1n) is 11.1. The highest BCUT2D eigenvalue weighted by atomic mass is 35.5. The van der Waals surface area contributed by atoms with E-state index in [1.165, 1.54) is 11.3 Å². The number of hydrogen-bond acceptors (Lipinski definition) is 6. The molecule has 1 aliphatic heterocycles. The Morgan fingerprint density at radius 3 is 2.69 bits per heavy atom. The first-order valence-corrected chi connectivity index (χ1v) is 13.9. The minimum absolute atomic E-state index is 0.00327. The fourth-order valence-electron chi connectivity index (χ4n) is 4.43. The molecule has 11 heteroatoms. The number of halogens is 1. The largest absolute Gasteiger partial charge is 0.368 e. The molecule has 5 rings (SSSR count). The van der Waals surface area contributed by atoms with Gasteiger partial charge in [-0.15, -0.1) is 11.3 Å². The first-order chi connectivity index (χ1) is 16.8. The van der Waals surface area contributed by atoms with Crippen LogP contribution in [-0.4, -0.2) is 54.5 Å². The van der Waals surface area contributed by atoms with Gasteiger partial charge >= 0.3 is 0 Å². The van der Waals surface area contributed by atoms with Gasteiger partial charge in [0.15, 0.2) is 5.13 Å².